The molecule has 1 rings (SSSR count). The molecule has 0 bridgehead atoms. The fourth-order valence-corrected chi connectivity index (χ4v) is 0.743. The molecule has 11 heavy (non-hydrogen) atoms. The van der Waals surface area contributed by atoms with Crippen LogP contribution in [0.25, 0.3) is 0 Å². The van der Waals surface area contributed by atoms with E-state index in [1.165, 1.54) is 6.08 Å². The second-order valence-corrected chi connectivity index (χ2v) is 2.12. The standard InChI is InChI=1S/C7H5ClF.BrH.Mg/c1-5-3-2-4-6(8)7(5)9;;/h2-4H,1H2;1H;/q-1;;+2/p-1. The van der Waals surface area contributed by atoms with Crippen LogP contribution in [0.15, 0.2) is 35.4 Å². The number of allylic oxidation sites excluding steroid dienone is 5. The largest absolute Gasteiger partial charge is 2.00 e. The van der Waals surface area contributed by atoms with Crippen LogP contribution in [0.1, 0.15) is 0 Å². The van der Waals surface area contributed by atoms with E-state index in [1.54, 1.807) is 12.2 Å². The first kappa shape index (κ1) is 14.1. The van der Waals surface area contributed by atoms with Crippen LogP contribution in [0, 0.1) is 6.17 Å². The van der Waals surface area contributed by atoms with Gasteiger partial charge in [-0.15, -0.1) is 35.4 Å². The summed E-state index contributed by atoms with van der Waals surface area (Å²) in [5, 5.41) is 0.127. The minimum Gasteiger partial charge on any atom is -1.00 e. The zero-order valence-electron chi connectivity index (χ0n) is 5.78. The third kappa shape index (κ3) is 3.65. The summed E-state index contributed by atoms with van der Waals surface area (Å²) in [5.74, 6) is 0. The Kier molecular flexibility index (Phi) is 7.84. The second kappa shape index (κ2) is 6.11. The molecule has 0 heterocycles. The Morgan fingerprint density at radius 2 is 2.09 bits per heavy atom. The number of halogens is 3. The predicted molar refractivity (Wildman–Crippen MR) is 42.3 cm³/mol. The number of hydrogen-bond donors (Lipinski definition) is 0. The van der Waals surface area contributed by atoms with Crippen LogP contribution in [0.5, 0.6) is 0 Å². The summed E-state index contributed by atoms with van der Waals surface area (Å²) >= 11 is 5.40. The van der Waals surface area contributed by atoms with E-state index in [0.717, 1.165) is 0 Å². The van der Waals surface area contributed by atoms with Crippen molar-refractivity contribution >= 4 is 34.7 Å². The Morgan fingerprint density at radius 3 is 2.45 bits per heavy atom. The van der Waals surface area contributed by atoms with Crippen LogP contribution in [-0.4, -0.2) is 23.1 Å². The molecule has 56 valence electrons. The van der Waals surface area contributed by atoms with E-state index in [9.17, 15) is 4.39 Å². The van der Waals surface area contributed by atoms with Gasteiger partial charge in [0.15, 0.2) is 0 Å². The van der Waals surface area contributed by atoms with E-state index < -0.39 is 6.17 Å². The van der Waals surface area contributed by atoms with Gasteiger partial charge < -0.3 is 17.0 Å². The molecule has 0 aromatic carbocycles. The SMILES string of the molecule is C=C1C=CC=C(Cl)[C-]1F.[Br-].[Mg+2]. The molecule has 0 radical (unpaired) electrons. The van der Waals surface area contributed by atoms with Crippen molar-refractivity contribution in [1.29, 1.82) is 0 Å². The molecule has 0 saturated heterocycles. The fourth-order valence-electron chi connectivity index (χ4n) is 0.548. The first-order valence-corrected chi connectivity index (χ1v) is 2.85. The summed E-state index contributed by atoms with van der Waals surface area (Å²) in [4.78, 5) is 0. The van der Waals surface area contributed by atoms with E-state index in [1.807, 2.05) is 0 Å². The van der Waals surface area contributed by atoms with E-state index in [-0.39, 0.29) is 45.1 Å². The summed E-state index contributed by atoms with van der Waals surface area (Å²) in [6.07, 6.45) is 4.29. The van der Waals surface area contributed by atoms with Gasteiger partial charge in [0.05, 0.1) is 6.17 Å². The minimum absolute atomic E-state index is 0. The van der Waals surface area contributed by atoms with Gasteiger partial charge in [0.1, 0.15) is 0 Å². The Labute approximate surface area is 97.1 Å². The van der Waals surface area contributed by atoms with Crippen molar-refractivity contribution in [3.05, 3.63) is 41.6 Å². The molecule has 0 aromatic rings. The van der Waals surface area contributed by atoms with Crippen LogP contribution >= 0.6 is 11.6 Å². The molecular weight excluding hydrogens is 243 g/mol. The van der Waals surface area contributed by atoms with Crippen LogP contribution < -0.4 is 17.0 Å². The summed E-state index contributed by atoms with van der Waals surface area (Å²) < 4.78 is 12.5. The smallest absolute Gasteiger partial charge is 1.00 e. The van der Waals surface area contributed by atoms with E-state index >= 15 is 0 Å². The molecule has 0 fully saturated rings. The Balaban J connectivity index is 0. The van der Waals surface area contributed by atoms with Crippen molar-refractivity contribution in [3.63, 3.8) is 0 Å². The molecule has 0 atom stereocenters. The van der Waals surface area contributed by atoms with E-state index in [0.29, 0.717) is 5.57 Å². The van der Waals surface area contributed by atoms with Gasteiger partial charge >= 0.3 is 23.1 Å². The third-order valence-electron chi connectivity index (χ3n) is 1.03. The zero-order chi connectivity index (χ0) is 6.85. The maximum Gasteiger partial charge on any atom is 2.00 e. The Hall–Kier alpha value is 0.556. The van der Waals surface area contributed by atoms with Gasteiger partial charge in [0.2, 0.25) is 0 Å². The van der Waals surface area contributed by atoms with Crippen LogP contribution in [-0.2, 0) is 0 Å². The minimum atomic E-state index is -0.431. The van der Waals surface area contributed by atoms with Crippen LogP contribution in [0.4, 0.5) is 4.39 Å². The Bertz CT molecular complexity index is 201. The average molecular weight is 248 g/mol. The van der Waals surface area contributed by atoms with Gasteiger partial charge in [-0.2, -0.15) is 6.58 Å². The monoisotopic (exact) mass is 246 g/mol. The summed E-state index contributed by atoms with van der Waals surface area (Å²) in [6, 6.07) is 0. The van der Waals surface area contributed by atoms with Crippen molar-refractivity contribution < 1.29 is 21.4 Å². The van der Waals surface area contributed by atoms with Crippen molar-refractivity contribution in [1.82, 2.24) is 0 Å². The van der Waals surface area contributed by atoms with E-state index in [4.69, 9.17) is 11.6 Å². The zero-order valence-corrected chi connectivity index (χ0v) is 9.54. The first-order valence-electron chi connectivity index (χ1n) is 2.48. The van der Waals surface area contributed by atoms with Gasteiger partial charge in [0, 0.05) is 0 Å². The van der Waals surface area contributed by atoms with Gasteiger partial charge in [-0.05, 0) is 5.03 Å². The van der Waals surface area contributed by atoms with Gasteiger partial charge in [-0.1, -0.05) is 0 Å². The topological polar surface area (TPSA) is 0 Å². The molecule has 0 saturated carbocycles. The molecule has 1 aliphatic carbocycles. The van der Waals surface area contributed by atoms with Gasteiger partial charge in [-0.25, -0.2) is 0 Å². The molecule has 4 heteroatoms. The molecule has 0 aromatic heterocycles. The second-order valence-electron chi connectivity index (χ2n) is 1.71. The molecule has 0 aliphatic heterocycles. The quantitative estimate of drug-likeness (QED) is 0.395. The van der Waals surface area contributed by atoms with Gasteiger partial charge in [-0.3, -0.25) is 4.39 Å². The van der Waals surface area contributed by atoms with Crippen LogP contribution in [0.3, 0.4) is 0 Å². The normalized spacial score (nSPS) is 14.9. The molecule has 0 amide bonds. The molecular formula is C7H5BrClFMg. The summed E-state index contributed by atoms with van der Waals surface area (Å²) in [6.45, 7) is 3.42. The summed E-state index contributed by atoms with van der Waals surface area (Å²) in [5.41, 5.74) is 0.336. The Morgan fingerprint density at radius 1 is 1.55 bits per heavy atom. The summed E-state index contributed by atoms with van der Waals surface area (Å²) in [7, 11) is 0. The maximum atomic E-state index is 12.5. The molecule has 0 nitrogen and oxygen atoms in total. The molecule has 0 spiro atoms. The molecule has 0 unspecified atom stereocenters. The van der Waals surface area contributed by atoms with Crippen molar-refractivity contribution in [2.24, 2.45) is 0 Å². The number of rotatable bonds is 0. The van der Waals surface area contributed by atoms with Crippen molar-refractivity contribution in [2.75, 3.05) is 0 Å². The van der Waals surface area contributed by atoms with E-state index in [2.05, 4.69) is 6.58 Å². The van der Waals surface area contributed by atoms with Gasteiger partial charge in [0.25, 0.3) is 0 Å². The number of hydrogen-bond acceptors (Lipinski definition) is 0. The first-order chi connectivity index (χ1) is 4.22. The van der Waals surface area contributed by atoms with Crippen LogP contribution in [0.2, 0.25) is 0 Å². The third-order valence-corrected chi connectivity index (χ3v) is 1.32. The van der Waals surface area contributed by atoms with Crippen molar-refractivity contribution in [2.45, 2.75) is 0 Å². The molecule has 1 aliphatic rings. The molecule has 0 N–H and O–H groups in total. The predicted octanol–water partition coefficient (Wildman–Crippen LogP) is -0.640. The fraction of sp³-hybridized carbons (Fsp3) is 0. The van der Waals surface area contributed by atoms with Crippen molar-refractivity contribution in [3.8, 4) is 0 Å². The maximum absolute atomic E-state index is 12.5. The average Bonchev–Trinajstić information content (AvgIpc) is 1.83.